The van der Waals surface area contributed by atoms with Gasteiger partial charge in [0.1, 0.15) is 0 Å². The number of hydrogen-bond acceptors (Lipinski definition) is 2. The van der Waals surface area contributed by atoms with Crippen molar-refractivity contribution in [2.45, 2.75) is 51.2 Å². The fraction of sp³-hybridized carbons (Fsp3) is 1.00. The molecule has 1 heterocycles. The number of nitrogens with one attached hydrogen (secondary N) is 1. The van der Waals surface area contributed by atoms with Gasteiger partial charge in [-0.1, -0.05) is 12.8 Å². The molecular formula is C14H25F3N2. The predicted octanol–water partition coefficient (Wildman–Crippen LogP) is 3.04. The number of halogens is 3. The summed E-state index contributed by atoms with van der Waals surface area (Å²) in [6, 6.07) is 0.513. The van der Waals surface area contributed by atoms with Crippen LogP contribution in [0.25, 0.3) is 0 Å². The van der Waals surface area contributed by atoms with Crippen molar-refractivity contribution in [3.8, 4) is 0 Å². The monoisotopic (exact) mass is 278 g/mol. The molecule has 1 saturated heterocycles. The molecule has 5 heteroatoms. The van der Waals surface area contributed by atoms with Crippen LogP contribution in [-0.4, -0.2) is 43.3 Å². The van der Waals surface area contributed by atoms with Crippen LogP contribution < -0.4 is 5.32 Å². The molecule has 2 nitrogen and oxygen atoms in total. The molecule has 0 aromatic heterocycles. The molecule has 2 rings (SSSR count). The molecule has 0 spiro atoms. The lowest BCUT2D eigenvalue weighted by molar-refractivity contribution is -0.143. The van der Waals surface area contributed by atoms with Gasteiger partial charge in [0.05, 0.1) is 6.54 Å². The summed E-state index contributed by atoms with van der Waals surface area (Å²) < 4.78 is 36.9. The summed E-state index contributed by atoms with van der Waals surface area (Å²) in [5.74, 6) is 1.15. The second-order valence-electron chi connectivity index (χ2n) is 6.25. The summed E-state index contributed by atoms with van der Waals surface area (Å²) in [4.78, 5) is 1.53. The van der Waals surface area contributed by atoms with Gasteiger partial charge < -0.3 is 5.32 Å². The van der Waals surface area contributed by atoms with Gasteiger partial charge in [0, 0.05) is 12.6 Å². The summed E-state index contributed by atoms with van der Waals surface area (Å²) in [6.45, 7) is 3.51. The third-order valence-electron chi connectivity index (χ3n) is 4.61. The van der Waals surface area contributed by atoms with Crippen molar-refractivity contribution < 1.29 is 13.2 Å². The standard InChI is InChI=1S/C14H25F3N2/c1-11(13-4-2-3-5-13)18-8-12-6-7-19(9-12)10-14(15,16)17/h11-13,18H,2-10H2,1H3. The average molecular weight is 278 g/mol. The Morgan fingerprint density at radius 3 is 2.53 bits per heavy atom. The molecule has 1 aliphatic carbocycles. The first-order chi connectivity index (χ1) is 8.94. The highest BCUT2D eigenvalue weighted by molar-refractivity contribution is 4.82. The van der Waals surface area contributed by atoms with E-state index in [-0.39, 0.29) is 0 Å². The zero-order valence-electron chi connectivity index (χ0n) is 11.7. The van der Waals surface area contributed by atoms with Gasteiger partial charge in [-0.05, 0) is 51.1 Å². The van der Waals surface area contributed by atoms with Crippen LogP contribution in [0, 0.1) is 11.8 Å². The molecule has 1 aliphatic heterocycles. The molecule has 0 amide bonds. The zero-order valence-corrected chi connectivity index (χ0v) is 11.7. The zero-order chi connectivity index (χ0) is 13.9. The molecule has 0 aromatic carbocycles. The summed E-state index contributed by atoms with van der Waals surface area (Å²) in [5.41, 5.74) is 0. The molecule has 0 bridgehead atoms. The fourth-order valence-electron chi connectivity index (χ4n) is 3.45. The molecule has 2 aliphatic rings. The summed E-state index contributed by atoms with van der Waals surface area (Å²) in [7, 11) is 0. The minimum absolute atomic E-state index is 0.381. The van der Waals surface area contributed by atoms with Crippen LogP contribution >= 0.6 is 0 Å². The van der Waals surface area contributed by atoms with Crippen molar-refractivity contribution in [1.82, 2.24) is 10.2 Å². The first-order valence-corrected chi connectivity index (χ1v) is 7.46. The van der Waals surface area contributed by atoms with Gasteiger partial charge in [-0.25, -0.2) is 0 Å². The quantitative estimate of drug-likeness (QED) is 0.831. The van der Waals surface area contributed by atoms with Gasteiger partial charge in [0.2, 0.25) is 0 Å². The highest BCUT2D eigenvalue weighted by Crippen LogP contribution is 2.28. The molecule has 2 atom stereocenters. The van der Waals surface area contributed by atoms with Crippen molar-refractivity contribution >= 4 is 0 Å². The van der Waals surface area contributed by atoms with E-state index in [1.165, 1.54) is 30.6 Å². The molecular weight excluding hydrogens is 253 g/mol. The minimum Gasteiger partial charge on any atom is -0.314 e. The van der Waals surface area contributed by atoms with Gasteiger partial charge >= 0.3 is 6.18 Å². The molecule has 0 aromatic rings. The average Bonchev–Trinajstić information content (AvgIpc) is 2.94. The van der Waals surface area contributed by atoms with E-state index in [0.29, 0.717) is 25.0 Å². The van der Waals surface area contributed by atoms with Gasteiger partial charge in [-0.15, -0.1) is 0 Å². The number of likely N-dealkylation sites (tertiary alicyclic amines) is 1. The summed E-state index contributed by atoms with van der Waals surface area (Å²) in [5, 5.41) is 3.54. The smallest absolute Gasteiger partial charge is 0.314 e. The molecule has 112 valence electrons. The van der Waals surface area contributed by atoms with E-state index in [2.05, 4.69) is 12.2 Å². The molecule has 2 fully saturated rings. The van der Waals surface area contributed by atoms with Crippen LogP contribution in [-0.2, 0) is 0 Å². The van der Waals surface area contributed by atoms with E-state index in [9.17, 15) is 13.2 Å². The number of rotatable bonds is 5. The number of nitrogens with zero attached hydrogens (tertiary/aromatic N) is 1. The number of hydrogen-bond donors (Lipinski definition) is 1. The SMILES string of the molecule is CC(NCC1CCN(CC(F)(F)F)C1)C1CCCC1. The van der Waals surface area contributed by atoms with Crippen molar-refractivity contribution in [3.63, 3.8) is 0 Å². The molecule has 19 heavy (non-hydrogen) atoms. The Bertz CT molecular complexity index is 274. The topological polar surface area (TPSA) is 15.3 Å². The minimum atomic E-state index is -4.06. The van der Waals surface area contributed by atoms with E-state index >= 15 is 0 Å². The molecule has 1 N–H and O–H groups in total. The van der Waals surface area contributed by atoms with Crippen LogP contribution in [0.1, 0.15) is 39.0 Å². The first-order valence-electron chi connectivity index (χ1n) is 7.46. The Morgan fingerprint density at radius 2 is 1.89 bits per heavy atom. The lowest BCUT2D eigenvalue weighted by Gasteiger charge is -2.23. The maximum Gasteiger partial charge on any atom is 0.401 e. The Hall–Kier alpha value is -0.290. The van der Waals surface area contributed by atoms with Gasteiger partial charge in [0.15, 0.2) is 0 Å². The van der Waals surface area contributed by atoms with E-state index in [4.69, 9.17) is 0 Å². The first kappa shape index (κ1) is 15.1. The third kappa shape index (κ3) is 4.95. The van der Waals surface area contributed by atoms with E-state index in [0.717, 1.165) is 18.9 Å². The summed E-state index contributed by atoms with van der Waals surface area (Å²) >= 11 is 0. The van der Waals surface area contributed by atoms with Crippen LogP contribution in [0.15, 0.2) is 0 Å². The highest BCUT2D eigenvalue weighted by atomic mass is 19.4. The van der Waals surface area contributed by atoms with Gasteiger partial charge in [-0.2, -0.15) is 13.2 Å². The van der Waals surface area contributed by atoms with Gasteiger partial charge in [-0.3, -0.25) is 4.90 Å². The Labute approximate surface area is 113 Å². The van der Waals surface area contributed by atoms with Gasteiger partial charge in [0.25, 0.3) is 0 Å². The normalized spacial score (nSPS) is 28.1. The largest absolute Gasteiger partial charge is 0.401 e. The van der Waals surface area contributed by atoms with Crippen LogP contribution in [0.5, 0.6) is 0 Å². The predicted molar refractivity (Wildman–Crippen MR) is 70.0 cm³/mol. The molecule has 0 radical (unpaired) electrons. The van der Waals surface area contributed by atoms with Crippen LogP contribution in [0.2, 0.25) is 0 Å². The third-order valence-corrected chi connectivity index (χ3v) is 4.61. The second-order valence-corrected chi connectivity index (χ2v) is 6.25. The Morgan fingerprint density at radius 1 is 1.21 bits per heavy atom. The van der Waals surface area contributed by atoms with E-state index < -0.39 is 12.7 Å². The van der Waals surface area contributed by atoms with Crippen molar-refractivity contribution in [1.29, 1.82) is 0 Å². The maximum absolute atomic E-state index is 12.3. The molecule has 2 unspecified atom stereocenters. The van der Waals surface area contributed by atoms with Crippen molar-refractivity contribution in [2.75, 3.05) is 26.2 Å². The second kappa shape index (κ2) is 6.44. The highest BCUT2D eigenvalue weighted by Gasteiger charge is 2.34. The van der Waals surface area contributed by atoms with Crippen molar-refractivity contribution in [2.24, 2.45) is 11.8 Å². The van der Waals surface area contributed by atoms with Crippen molar-refractivity contribution in [3.05, 3.63) is 0 Å². The number of alkyl halides is 3. The van der Waals surface area contributed by atoms with E-state index in [1.807, 2.05) is 0 Å². The lowest BCUT2D eigenvalue weighted by Crippen LogP contribution is -2.37. The summed E-state index contributed by atoms with van der Waals surface area (Å²) in [6.07, 6.45) is 2.11. The van der Waals surface area contributed by atoms with Crippen LogP contribution in [0.3, 0.4) is 0 Å². The Balaban J connectivity index is 1.64. The Kier molecular flexibility index (Phi) is 5.12. The van der Waals surface area contributed by atoms with Crippen LogP contribution in [0.4, 0.5) is 13.2 Å². The lowest BCUT2D eigenvalue weighted by atomic mass is 9.99. The maximum atomic E-state index is 12.3. The fourth-order valence-corrected chi connectivity index (χ4v) is 3.45. The molecule has 1 saturated carbocycles. The van der Waals surface area contributed by atoms with E-state index in [1.54, 1.807) is 0 Å².